The Morgan fingerprint density at radius 3 is 2.17 bits per heavy atom. The molecule has 0 unspecified atom stereocenters. The summed E-state index contributed by atoms with van der Waals surface area (Å²) in [5.74, 6) is -2.41. The Morgan fingerprint density at radius 1 is 0.913 bits per heavy atom. The Morgan fingerprint density at radius 2 is 1.52 bits per heavy atom. The first-order chi connectivity index (χ1) is 10.9. The Balaban J connectivity index is 2.06. The van der Waals surface area contributed by atoms with E-state index in [9.17, 15) is 22.8 Å². The number of carbonyl (C=O) groups is 2. The number of nitrogens with one attached hydrogen (secondary N) is 2. The second kappa shape index (κ2) is 6.95. The molecule has 0 atom stereocenters. The number of halogens is 3. The van der Waals surface area contributed by atoms with Crippen LogP contribution in [0, 0.1) is 0 Å². The molecule has 23 heavy (non-hydrogen) atoms. The van der Waals surface area contributed by atoms with E-state index in [2.05, 4.69) is 5.32 Å². The minimum Gasteiger partial charge on any atom is -0.348 e. The van der Waals surface area contributed by atoms with Crippen LogP contribution in [0.5, 0.6) is 0 Å². The highest BCUT2D eigenvalue weighted by molar-refractivity contribution is 5.96. The number of hydrogen-bond acceptors (Lipinski definition) is 2. The normalized spacial score (nSPS) is 10.9. The second-order valence-electron chi connectivity index (χ2n) is 4.66. The van der Waals surface area contributed by atoms with Gasteiger partial charge in [-0.3, -0.25) is 9.59 Å². The molecule has 0 aliphatic rings. The van der Waals surface area contributed by atoms with E-state index in [1.807, 2.05) is 0 Å². The van der Waals surface area contributed by atoms with Crippen LogP contribution in [0.2, 0.25) is 0 Å². The van der Waals surface area contributed by atoms with Gasteiger partial charge in [0.25, 0.3) is 5.91 Å². The predicted molar refractivity (Wildman–Crippen MR) is 78.7 cm³/mol. The molecule has 0 bridgehead atoms. The number of benzene rings is 2. The number of hydrogen-bond donors (Lipinski definition) is 2. The molecule has 2 amide bonds. The smallest absolute Gasteiger partial charge is 0.348 e. The van der Waals surface area contributed by atoms with Gasteiger partial charge in [-0.25, -0.2) is 0 Å². The van der Waals surface area contributed by atoms with Crippen LogP contribution < -0.4 is 10.6 Å². The number of carbonyl (C=O) groups excluding carboxylic acids is 2. The van der Waals surface area contributed by atoms with Crippen molar-refractivity contribution < 1.29 is 22.8 Å². The van der Waals surface area contributed by atoms with Crippen LogP contribution in [0.3, 0.4) is 0 Å². The van der Waals surface area contributed by atoms with Crippen LogP contribution >= 0.6 is 0 Å². The van der Waals surface area contributed by atoms with Crippen LogP contribution in [-0.2, 0) is 11.3 Å². The minimum atomic E-state index is -4.97. The highest BCUT2D eigenvalue weighted by Gasteiger charge is 2.38. The molecule has 0 radical (unpaired) electrons. The van der Waals surface area contributed by atoms with Gasteiger partial charge in [0.05, 0.1) is 0 Å². The summed E-state index contributed by atoms with van der Waals surface area (Å²) < 4.78 is 37.0. The fraction of sp³-hybridized carbons (Fsp3) is 0.125. The third-order valence-electron chi connectivity index (χ3n) is 3.00. The summed E-state index contributed by atoms with van der Waals surface area (Å²) in [6.45, 7) is -0.0119. The molecule has 0 spiro atoms. The SMILES string of the molecule is O=C(NCc1ccccc1NC(=O)C(F)(F)F)c1ccccc1. The van der Waals surface area contributed by atoms with Gasteiger partial charge in [0.2, 0.25) is 0 Å². The Kier molecular flexibility index (Phi) is 5.00. The third-order valence-corrected chi connectivity index (χ3v) is 3.00. The molecule has 7 heteroatoms. The number of para-hydroxylation sites is 1. The molecule has 0 aliphatic carbocycles. The van der Waals surface area contributed by atoms with E-state index in [-0.39, 0.29) is 18.1 Å². The lowest BCUT2D eigenvalue weighted by molar-refractivity contribution is -0.167. The fourth-order valence-corrected chi connectivity index (χ4v) is 1.86. The maximum atomic E-state index is 12.3. The summed E-state index contributed by atoms with van der Waals surface area (Å²) in [5.41, 5.74) is 0.807. The molecule has 2 aromatic rings. The molecule has 2 rings (SSSR count). The van der Waals surface area contributed by atoms with Crippen LogP contribution in [0.15, 0.2) is 54.6 Å². The standard InChI is InChI=1S/C16H13F3N2O2/c17-16(18,19)15(23)21-13-9-5-4-8-12(13)10-20-14(22)11-6-2-1-3-7-11/h1-9H,10H2,(H,20,22)(H,21,23). The Labute approximate surface area is 130 Å². The number of rotatable bonds is 4. The molecule has 0 saturated heterocycles. The van der Waals surface area contributed by atoms with E-state index in [0.29, 0.717) is 11.1 Å². The van der Waals surface area contributed by atoms with Crippen molar-refractivity contribution in [2.45, 2.75) is 12.7 Å². The van der Waals surface area contributed by atoms with Crippen molar-refractivity contribution in [1.29, 1.82) is 0 Å². The quantitative estimate of drug-likeness (QED) is 0.909. The molecule has 0 fully saturated rings. The predicted octanol–water partition coefficient (Wildman–Crippen LogP) is 3.12. The molecule has 4 nitrogen and oxygen atoms in total. The Bertz CT molecular complexity index is 700. The largest absolute Gasteiger partial charge is 0.471 e. The van der Waals surface area contributed by atoms with Crippen LogP contribution in [-0.4, -0.2) is 18.0 Å². The van der Waals surface area contributed by atoms with Gasteiger partial charge < -0.3 is 10.6 Å². The van der Waals surface area contributed by atoms with E-state index < -0.39 is 12.1 Å². The van der Waals surface area contributed by atoms with Crippen LogP contribution in [0.1, 0.15) is 15.9 Å². The van der Waals surface area contributed by atoms with E-state index in [1.165, 1.54) is 18.2 Å². The van der Waals surface area contributed by atoms with Crippen molar-refractivity contribution in [3.63, 3.8) is 0 Å². The van der Waals surface area contributed by atoms with Gasteiger partial charge in [0, 0.05) is 17.8 Å². The zero-order valence-electron chi connectivity index (χ0n) is 11.9. The summed E-state index contributed by atoms with van der Waals surface area (Å²) in [7, 11) is 0. The van der Waals surface area contributed by atoms with Gasteiger partial charge in [-0.15, -0.1) is 0 Å². The van der Waals surface area contributed by atoms with Crippen molar-refractivity contribution in [2.24, 2.45) is 0 Å². The Hall–Kier alpha value is -2.83. The molecular formula is C16H13F3N2O2. The van der Waals surface area contributed by atoms with Gasteiger partial charge in [0.1, 0.15) is 0 Å². The average molecular weight is 322 g/mol. The fourth-order valence-electron chi connectivity index (χ4n) is 1.86. The highest BCUT2D eigenvalue weighted by Crippen LogP contribution is 2.21. The molecule has 2 aromatic carbocycles. The number of amides is 2. The highest BCUT2D eigenvalue weighted by atomic mass is 19.4. The van der Waals surface area contributed by atoms with Crippen molar-refractivity contribution in [1.82, 2.24) is 5.32 Å². The lowest BCUT2D eigenvalue weighted by Gasteiger charge is -2.13. The van der Waals surface area contributed by atoms with E-state index in [4.69, 9.17) is 0 Å². The van der Waals surface area contributed by atoms with E-state index in [0.717, 1.165) is 0 Å². The first-order valence-electron chi connectivity index (χ1n) is 6.67. The zero-order chi connectivity index (χ0) is 16.9. The van der Waals surface area contributed by atoms with Crippen molar-refractivity contribution in [3.8, 4) is 0 Å². The summed E-state index contributed by atoms with van der Waals surface area (Å²) in [4.78, 5) is 23.0. The minimum absolute atomic E-state index is 0.00295. The third kappa shape index (κ3) is 4.57. The van der Waals surface area contributed by atoms with Gasteiger partial charge in [0.15, 0.2) is 0 Å². The lowest BCUT2D eigenvalue weighted by atomic mass is 10.1. The van der Waals surface area contributed by atoms with Gasteiger partial charge >= 0.3 is 12.1 Å². The van der Waals surface area contributed by atoms with E-state index in [1.54, 1.807) is 41.7 Å². The molecule has 0 aliphatic heterocycles. The van der Waals surface area contributed by atoms with E-state index >= 15 is 0 Å². The van der Waals surface area contributed by atoms with Gasteiger partial charge in [-0.05, 0) is 23.8 Å². The molecule has 2 N–H and O–H groups in total. The lowest BCUT2D eigenvalue weighted by Crippen LogP contribution is -2.31. The summed E-state index contributed by atoms with van der Waals surface area (Å²) in [6.07, 6.45) is -4.97. The molecule has 0 heterocycles. The first-order valence-corrected chi connectivity index (χ1v) is 6.67. The maximum Gasteiger partial charge on any atom is 0.471 e. The molecule has 0 aromatic heterocycles. The number of alkyl halides is 3. The van der Waals surface area contributed by atoms with Crippen molar-refractivity contribution >= 4 is 17.5 Å². The van der Waals surface area contributed by atoms with Gasteiger partial charge in [-0.2, -0.15) is 13.2 Å². The molecule has 120 valence electrons. The van der Waals surface area contributed by atoms with Crippen LogP contribution in [0.25, 0.3) is 0 Å². The van der Waals surface area contributed by atoms with Gasteiger partial charge in [-0.1, -0.05) is 36.4 Å². The maximum absolute atomic E-state index is 12.3. The molecular weight excluding hydrogens is 309 g/mol. The summed E-state index contributed by atoms with van der Waals surface area (Å²) >= 11 is 0. The second-order valence-corrected chi connectivity index (χ2v) is 4.66. The topological polar surface area (TPSA) is 58.2 Å². The van der Waals surface area contributed by atoms with Crippen LogP contribution in [0.4, 0.5) is 18.9 Å². The summed E-state index contributed by atoms with van der Waals surface area (Å²) in [5, 5.41) is 4.39. The average Bonchev–Trinajstić information content (AvgIpc) is 2.53. The first kappa shape index (κ1) is 16.5. The zero-order valence-corrected chi connectivity index (χ0v) is 11.9. The monoisotopic (exact) mass is 322 g/mol. The van der Waals surface area contributed by atoms with Crippen molar-refractivity contribution in [2.75, 3.05) is 5.32 Å². The number of anilines is 1. The summed E-state index contributed by atoms with van der Waals surface area (Å²) in [6, 6.07) is 14.4. The molecule has 0 saturated carbocycles. The van der Waals surface area contributed by atoms with Crippen molar-refractivity contribution in [3.05, 3.63) is 65.7 Å².